The quantitative estimate of drug-likeness (QED) is 0.445. The van der Waals surface area contributed by atoms with E-state index in [2.05, 4.69) is 10.0 Å². The molecule has 0 aliphatic carbocycles. The van der Waals surface area contributed by atoms with Crippen LogP contribution in [0.3, 0.4) is 0 Å². The molecular formula is C22H23N3O6S2. The van der Waals surface area contributed by atoms with E-state index in [4.69, 9.17) is 4.42 Å². The van der Waals surface area contributed by atoms with Crippen LogP contribution in [0.15, 0.2) is 87.2 Å². The maximum Gasteiger partial charge on any atom is 0.248 e. The molecule has 0 fully saturated rings. The van der Waals surface area contributed by atoms with Crippen molar-refractivity contribution in [3.8, 4) is 0 Å². The smallest absolute Gasteiger partial charge is 0.248 e. The number of carbonyl (C=O) groups is 1. The number of hydrogen-bond acceptors (Lipinski definition) is 6. The first-order valence-corrected chi connectivity index (χ1v) is 12.6. The van der Waals surface area contributed by atoms with Gasteiger partial charge in [0, 0.05) is 25.9 Å². The van der Waals surface area contributed by atoms with Crippen LogP contribution in [-0.4, -0.2) is 41.1 Å². The van der Waals surface area contributed by atoms with Crippen molar-refractivity contribution in [1.82, 2.24) is 9.03 Å². The summed E-state index contributed by atoms with van der Waals surface area (Å²) in [6.07, 6.45) is 4.25. The molecule has 33 heavy (non-hydrogen) atoms. The Hall–Kier alpha value is -3.25. The molecule has 3 aromatic rings. The summed E-state index contributed by atoms with van der Waals surface area (Å²) >= 11 is 0. The predicted octanol–water partition coefficient (Wildman–Crippen LogP) is 2.66. The molecule has 2 N–H and O–H groups in total. The highest BCUT2D eigenvalue weighted by Gasteiger charge is 2.17. The summed E-state index contributed by atoms with van der Waals surface area (Å²) in [6.45, 7) is 0.0359. The van der Waals surface area contributed by atoms with Crippen LogP contribution in [0, 0.1) is 0 Å². The molecule has 0 bridgehead atoms. The normalized spacial score (nSPS) is 12.3. The zero-order valence-corrected chi connectivity index (χ0v) is 19.6. The van der Waals surface area contributed by atoms with Gasteiger partial charge in [0.15, 0.2) is 0 Å². The first kappa shape index (κ1) is 24.4. The van der Waals surface area contributed by atoms with Gasteiger partial charge in [0.1, 0.15) is 5.76 Å². The van der Waals surface area contributed by atoms with E-state index in [0.717, 1.165) is 4.31 Å². The lowest BCUT2D eigenvalue weighted by Gasteiger charge is -2.12. The van der Waals surface area contributed by atoms with Crippen molar-refractivity contribution < 1.29 is 26.0 Å². The zero-order chi connectivity index (χ0) is 24.1. The summed E-state index contributed by atoms with van der Waals surface area (Å²) < 4.78 is 57.8. The second kappa shape index (κ2) is 10.1. The van der Waals surface area contributed by atoms with Gasteiger partial charge in [-0.05, 0) is 54.1 Å². The van der Waals surface area contributed by atoms with Crippen LogP contribution in [0.2, 0.25) is 0 Å². The highest BCUT2D eigenvalue weighted by Crippen LogP contribution is 2.18. The molecule has 1 heterocycles. The highest BCUT2D eigenvalue weighted by molar-refractivity contribution is 7.89. The summed E-state index contributed by atoms with van der Waals surface area (Å²) in [5.74, 6) is 0.0280. The number of amides is 1. The van der Waals surface area contributed by atoms with E-state index in [-0.39, 0.29) is 16.3 Å². The fourth-order valence-corrected chi connectivity index (χ4v) is 4.66. The Kier molecular flexibility index (Phi) is 7.49. The lowest BCUT2D eigenvalue weighted by molar-refractivity contribution is -0.111. The van der Waals surface area contributed by atoms with Crippen molar-refractivity contribution in [2.45, 2.75) is 16.3 Å². The standard InChI is InChI=1S/C22H23N3O6S2/c1-25(2)33(29,30)21-7-3-5-18(15-21)24-22(26)13-10-17-8-11-20(12-9-17)32(27,28)23-16-19-6-4-14-31-19/h3-15,23H,16H2,1-2H3,(H,24,26)/b13-10+. The van der Waals surface area contributed by atoms with Gasteiger partial charge in [-0.15, -0.1) is 0 Å². The van der Waals surface area contributed by atoms with Crippen LogP contribution in [0.5, 0.6) is 0 Å². The van der Waals surface area contributed by atoms with Crippen molar-refractivity contribution in [3.63, 3.8) is 0 Å². The number of hydrogen-bond donors (Lipinski definition) is 2. The predicted molar refractivity (Wildman–Crippen MR) is 124 cm³/mol. The van der Waals surface area contributed by atoms with Gasteiger partial charge < -0.3 is 9.73 Å². The average Bonchev–Trinajstić information content (AvgIpc) is 3.31. The number of sulfonamides is 2. The van der Waals surface area contributed by atoms with Gasteiger partial charge in [-0.1, -0.05) is 18.2 Å². The second-order valence-corrected chi connectivity index (χ2v) is 11.0. The number of benzene rings is 2. The molecule has 1 aromatic heterocycles. The Morgan fingerprint density at radius 1 is 0.970 bits per heavy atom. The molecule has 3 rings (SSSR count). The summed E-state index contributed by atoms with van der Waals surface area (Å²) in [4.78, 5) is 12.4. The van der Waals surface area contributed by atoms with E-state index in [1.807, 2.05) is 0 Å². The minimum absolute atomic E-state index is 0.0359. The molecule has 0 aliphatic heterocycles. The SMILES string of the molecule is CN(C)S(=O)(=O)c1cccc(NC(=O)/C=C/c2ccc(S(=O)(=O)NCc3ccco3)cc2)c1. The van der Waals surface area contributed by atoms with Gasteiger partial charge in [-0.25, -0.2) is 25.9 Å². The number of furan rings is 1. The topological polar surface area (TPSA) is 126 Å². The third kappa shape index (κ3) is 6.39. The molecule has 0 saturated carbocycles. The molecular weight excluding hydrogens is 466 g/mol. The summed E-state index contributed by atoms with van der Waals surface area (Å²) in [6, 6.07) is 15.3. The zero-order valence-electron chi connectivity index (χ0n) is 17.9. The van der Waals surface area contributed by atoms with Gasteiger partial charge in [0.2, 0.25) is 26.0 Å². The maximum absolute atomic E-state index is 12.4. The molecule has 0 spiro atoms. The fourth-order valence-electron chi connectivity index (χ4n) is 2.72. The van der Waals surface area contributed by atoms with Crippen molar-refractivity contribution in [2.75, 3.05) is 19.4 Å². The van der Waals surface area contributed by atoms with E-state index >= 15 is 0 Å². The van der Waals surface area contributed by atoms with Crippen LogP contribution < -0.4 is 10.0 Å². The van der Waals surface area contributed by atoms with E-state index < -0.39 is 26.0 Å². The molecule has 0 aliphatic rings. The number of nitrogens with zero attached hydrogens (tertiary/aromatic N) is 1. The van der Waals surface area contributed by atoms with E-state index in [0.29, 0.717) is 17.0 Å². The minimum atomic E-state index is -3.71. The molecule has 2 aromatic carbocycles. The van der Waals surface area contributed by atoms with Gasteiger partial charge >= 0.3 is 0 Å². The monoisotopic (exact) mass is 489 g/mol. The largest absolute Gasteiger partial charge is 0.468 e. The van der Waals surface area contributed by atoms with Crippen molar-refractivity contribution in [2.24, 2.45) is 0 Å². The molecule has 0 atom stereocenters. The lowest BCUT2D eigenvalue weighted by atomic mass is 10.2. The van der Waals surface area contributed by atoms with Gasteiger partial charge in [0.25, 0.3) is 0 Å². The Morgan fingerprint density at radius 2 is 1.70 bits per heavy atom. The first-order valence-electron chi connectivity index (χ1n) is 9.72. The molecule has 0 unspecified atom stereocenters. The summed E-state index contributed by atoms with van der Waals surface area (Å²) in [5, 5.41) is 2.61. The number of nitrogens with one attached hydrogen (secondary N) is 2. The fraction of sp³-hybridized carbons (Fsp3) is 0.136. The van der Waals surface area contributed by atoms with Crippen LogP contribution in [0.4, 0.5) is 5.69 Å². The van der Waals surface area contributed by atoms with E-state index in [1.165, 1.54) is 62.8 Å². The minimum Gasteiger partial charge on any atom is -0.468 e. The van der Waals surface area contributed by atoms with E-state index in [9.17, 15) is 21.6 Å². The molecule has 9 nitrogen and oxygen atoms in total. The Bertz CT molecular complexity index is 1350. The Labute approximate surface area is 192 Å². The molecule has 1 amide bonds. The molecule has 0 saturated heterocycles. The van der Waals surface area contributed by atoms with Crippen molar-refractivity contribution >= 4 is 37.7 Å². The summed E-state index contributed by atoms with van der Waals surface area (Å²) in [7, 11) is -4.48. The van der Waals surface area contributed by atoms with Crippen LogP contribution in [-0.2, 0) is 31.4 Å². The van der Waals surface area contributed by atoms with Gasteiger partial charge in [-0.3, -0.25) is 4.79 Å². The van der Waals surface area contributed by atoms with Crippen molar-refractivity contribution in [3.05, 3.63) is 84.3 Å². The third-order valence-electron chi connectivity index (χ3n) is 4.51. The number of rotatable bonds is 9. The highest BCUT2D eigenvalue weighted by atomic mass is 32.2. The van der Waals surface area contributed by atoms with Crippen LogP contribution in [0.1, 0.15) is 11.3 Å². The summed E-state index contributed by atoms with van der Waals surface area (Å²) in [5.41, 5.74) is 0.940. The van der Waals surface area contributed by atoms with Gasteiger partial charge in [0.05, 0.1) is 22.6 Å². The van der Waals surface area contributed by atoms with E-state index in [1.54, 1.807) is 30.3 Å². The number of carbonyl (C=O) groups excluding carboxylic acids is 1. The lowest BCUT2D eigenvalue weighted by Crippen LogP contribution is -2.22. The Morgan fingerprint density at radius 3 is 2.33 bits per heavy atom. The molecule has 0 radical (unpaired) electrons. The van der Waals surface area contributed by atoms with Crippen LogP contribution >= 0.6 is 0 Å². The first-order chi connectivity index (χ1) is 15.6. The number of anilines is 1. The van der Waals surface area contributed by atoms with Gasteiger partial charge in [-0.2, -0.15) is 0 Å². The molecule has 11 heteroatoms. The maximum atomic E-state index is 12.4. The molecule has 174 valence electrons. The second-order valence-electron chi connectivity index (χ2n) is 7.11. The van der Waals surface area contributed by atoms with Crippen molar-refractivity contribution in [1.29, 1.82) is 0 Å². The van der Waals surface area contributed by atoms with Crippen LogP contribution in [0.25, 0.3) is 6.08 Å². The average molecular weight is 490 g/mol. The Balaban J connectivity index is 1.62. The third-order valence-corrected chi connectivity index (χ3v) is 7.74.